The molecule has 0 saturated heterocycles. The van der Waals surface area contributed by atoms with Crippen molar-refractivity contribution in [3.05, 3.63) is 73.3 Å². The van der Waals surface area contributed by atoms with Crippen LogP contribution in [0.25, 0.3) is 0 Å². The summed E-state index contributed by atoms with van der Waals surface area (Å²) in [6.07, 6.45) is -0.399. The van der Waals surface area contributed by atoms with Crippen molar-refractivity contribution in [3.63, 3.8) is 0 Å². The first kappa shape index (κ1) is 22.9. The smallest absolute Gasteiger partial charge is 0.277 e. The number of nitro benzene ring substituents is 2. The van der Waals surface area contributed by atoms with Gasteiger partial charge in [-0.3, -0.25) is 45.5 Å². The summed E-state index contributed by atoms with van der Waals surface area (Å²) in [5, 5.41) is 24.4. The van der Waals surface area contributed by atoms with Crippen molar-refractivity contribution in [2.45, 2.75) is 26.7 Å². The third-order valence-electron chi connectivity index (χ3n) is 4.14. The fraction of sp³-hybridized carbons (Fsp3) is 0.211. The van der Waals surface area contributed by atoms with Gasteiger partial charge >= 0.3 is 0 Å². The molecule has 12 nitrogen and oxygen atoms in total. The highest BCUT2D eigenvalue weighted by molar-refractivity contribution is 5.97. The first-order chi connectivity index (χ1) is 14.6. The van der Waals surface area contributed by atoms with Gasteiger partial charge in [-0.2, -0.15) is 0 Å². The molecule has 2 rings (SSSR count). The molecule has 0 aliphatic carbocycles. The lowest BCUT2D eigenvalue weighted by atomic mass is 10.1. The summed E-state index contributed by atoms with van der Waals surface area (Å²) in [5.41, 5.74) is 4.93. The third-order valence-corrected chi connectivity index (χ3v) is 4.14. The number of anilines is 1. The highest BCUT2D eigenvalue weighted by Gasteiger charge is 2.20. The minimum Gasteiger partial charge on any atom is -0.326 e. The molecule has 0 aromatic heterocycles. The molecule has 12 heteroatoms. The van der Waals surface area contributed by atoms with Gasteiger partial charge < -0.3 is 5.32 Å². The zero-order chi connectivity index (χ0) is 23.1. The maximum atomic E-state index is 12.1. The molecule has 0 spiro atoms. The first-order valence-electron chi connectivity index (χ1n) is 8.97. The lowest BCUT2D eigenvalue weighted by molar-refractivity contribution is -0.394. The van der Waals surface area contributed by atoms with Gasteiger partial charge in [0.2, 0.25) is 11.8 Å². The van der Waals surface area contributed by atoms with Crippen LogP contribution in [0.5, 0.6) is 0 Å². The average molecular weight is 429 g/mol. The van der Waals surface area contributed by atoms with Crippen molar-refractivity contribution >= 4 is 34.8 Å². The molecule has 0 fully saturated rings. The van der Waals surface area contributed by atoms with E-state index < -0.39 is 38.9 Å². The van der Waals surface area contributed by atoms with Crippen molar-refractivity contribution < 1.29 is 24.2 Å². The number of rotatable bonds is 7. The molecule has 0 heterocycles. The summed E-state index contributed by atoms with van der Waals surface area (Å²) in [4.78, 5) is 56.0. The van der Waals surface area contributed by atoms with Crippen LogP contribution < -0.4 is 16.2 Å². The standard InChI is InChI=1S/C19H19N5O7/c1-11-3-4-16(12(2)7-11)20-17(25)5-6-18(26)21-22-19(27)13-8-14(23(28)29)10-15(9-13)24(30)31/h3-4,7-10H,5-6H2,1-2H3,(H,20,25)(H,21,26)(H,22,27). The Morgan fingerprint density at radius 1 is 0.839 bits per heavy atom. The quantitative estimate of drug-likeness (QED) is 0.447. The van der Waals surface area contributed by atoms with Gasteiger partial charge in [0, 0.05) is 30.7 Å². The number of hydrazine groups is 1. The Balaban J connectivity index is 1.89. The monoisotopic (exact) mass is 429 g/mol. The summed E-state index contributed by atoms with van der Waals surface area (Å²) in [6, 6.07) is 7.88. The van der Waals surface area contributed by atoms with E-state index in [1.807, 2.05) is 31.4 Å². The molecule has 162 valence electrons. The van der Waals surface area contributed by atoms with Gasteiger partial charge in [-0.05, 0) is 25.5 Å². The van der Waals surface area contributed by atoms with Crippen molar-refractivity contribution in [1.29, 1.82) is 0 Å². The SMILES string of the molecule is Cc1ccc(NC(=O)CCC(=O)NNC(=O)c2cc([N+](=O)[O-])cc([N+](=O)[O-])c2)c(C)c1. The van der Waals surface area contributed by atoms with E-state index in [2.05, 4.69) is 10.7 Å². The average Bonchev–Trinajstić information content (AvgIpc) is 2.72. The molecule has 0 radical (unpaired) electrons. The van der Waals surface area contributed by atoms with Crippen LogP contribution in [-0.4, -0.2) is 27.6 Å². The molecule has 0 bridgehead atoms. The van der Waals surface area contributed by atoms with Crippen LogP contribution in [0.3, 0.4) is 0 Å². The number of carbonyl (C=O) groups is 3. The van der Waals surface area contributed by atoms with E-state index in [1.54, 1.807) is 6.07 Å². The third kappa shape index (κ3) is 6.59. The number of amides is 3. The molecule has 2 aromatic rings. The van der Waals surface area contributed by atoms with Crippen molar-refractivity contribution in [3.8, 4) is 0 Å². The molecule has 0 atom stereocenters. The normalized spacial score (nSPS) is 10.1. The van der Waals surface area contributed by atoms with E-state index in [0.717, 1.165) is 23.3 Å². The molecule has 2 aromatic carbocycles. The lowest BCUT2D eigenvalue weighted by Crippen LogP contribution is -2.41. The van der Waals surface area contributed by atoms with E-state index in [1.165, 1.54) is 0 Å². The highest BCUT2D eigenvalue weighted by atomic mass is 16.6. The molecule has 0 aliphatic heterocycles. The van der Waals surface area contributed by atoms with E-state index >= 15 is 0 Å². The lowest BCUT2D eigenvalue weighted by Gasteiger charge is -2.10. The van der Waals surface area contributed by atoms with Gasteiger partial charge in [0.1, 0.15) is 0 Å². The summed E-state index contributed by atoms with van der Waals surface area (Å²) in [7, 11) is 0. The van der Waals surface area contributed by atoms with E-state index in [4.69, 9.17) is 0 Å². The molecule has 3 N–H and O–H groups in total. The summed E-state index contributed by atoms with van der Waals surface area (Å²) < 4.78 is 0. The summed E-state index contributed by atoms with van der Waals surface area (Å²) in [5.74, 6) is -2.08. The van der Waals surface area contributed by atoms with Crippen LogP contribution in [0.2, 0.25) is 0 Å². The Kier molecular flexibility index (Phi) is 7.33. The van der Waals surface area contributed by atoms with Gasteiger partial charge in [0.05, 0.1) is 21.5 Å². The first-order valence-corrected chi connectivity index (χ1v) is 8.97. The molecule has 0 saturated carbocycles. The summed E-state index contributed by atoms with van der Waals surface area (Å²) in [6.45, 7) is 3.76. The number of benzene rings is 2. The second-order valence-electron chi connectivity index (χ2n) is 6.62. The van der Waals surface area contributed by atoms with E-state index in [0.29, 0.717) is 11.8 Å². The number of carbonyl (C=O) groups excluding carboxylic acids is 3. The number of hydrogen-bond donors (Lipinski definition) is 3. The Labute approximate surface area is 175 Å². The Morgan fingerprint density at radius 3 is 1.97 bits per heavy atom. The maximum Gasteiger partial charge on any atom is 0.277 e. The second-order valence-corrected chi connectivity index (χ2v) is 6.62. The van der Waals surface area contributed by atoms with Gasteiger partial charge in [0.25, 0.3) is 17.3 Å². The number of nitro groups is 2. The van der Waals surface area contributed by atoms with Gasteiger partial charge in [0.15, 0.2) is 0 Å². The highest BCUT2D eigenvalue weighted by Crippen LogP contribution is 2.22. The predicted molar refractivity (Wildman–Crippen MR) is 109 cm³/mol. The zero-order valence-electron chi connectivity index (χ0n) is 16.6. The van der Waals surface area contributed by atoms with Crippen molar-refractivity contribution in [1.82, 2.24) is 10.9 Å². The van der Waals surface area contributed by atoms with Crippen LogP contribution in [0.4, 0.5) is 17.1 Å². The van der Waals surface area contributed by atoms with Gasteiger partial charge in [-0.25, -0.2) is 0 Å². The number of non-ortho nitro benzene ring substituents is 2. The van der Waals surface area contributed by atoms with Gasteiger partial charge in [-0.15, -0.1) is 0 Å². The van der Waals surface area contributed by atoms with E-state index in [9.17, 15) is 34.6 Å². The van der Waals surface area contributed by atoms with Crippen LogP contribution >= 0.6 is 0 Å². The fourth-order valence-electron chi connectivity index (χ4n) is 2.59. The zero-order valence-corrected chi connectivity index (χ0v) is 16.6. The van der Waals surface area contributed by atoms with Crippen molar-refractivity contribution in [2.24, 2.45) is 0 Å². The molecule has 0 aliphatic rings. The Morgan fingerprint density at radius 2 is 1.42 bits per heavy atom. The molecular formula is C19H19N5O7. The summed E-state index contributed by atoms with van der Waals surface area (Å²) >= 11 is 0. The van der Waals surface area contributed by atoms with Gasteiger partial charge in [-0.1, -0.05) is 17.7 Å². The second kappa shape index (κ2) is 9.91. The largest absolute Gasteiger partial charge is 0.326 e. The predicted octanol–water partition coefficient (Wildman–Crippen LogP) is 2.30. The van der Waals surface area contributed by atoms with E-state index in [-0.39, 0.29) is 18.4 Å². The van der Waals surface area contributed by atoms with Crippen LogP contribution in [-0.2, 0) is 9.59 Å². The number of hydrogen-bond acceptors (Lipinski definition) is 7. The maximum absolute atomic E-state index is 12.1. The van der Waals surface area contributed by atoms with Crippen LogP contribution in [0.1, 0.15) is 34.3 Å². The number of aryl methyl sites for hydroxylation is 2. The molecule has 31 heavy (non-hydrogen) atoms. The van der Waals surface area contributed by atoms with Crippen LogP contribution in [0.15, 0.2) is 36.4 Å². The topological polar surface area (TPSA) is 174 Å². The molecule has 3 amide bonds. The molecule has 0 unspecified atom stereocenters. The number of nitrogens with zero attached hydrogens (tertiary/aromatic N) is 2. The van der Waals surface area contributed by atoms with Crippen LogP contribution in [0, 0.1) is 34.1 Å². The Hall–Kier alpha value is -4.35. The fourth-order valence-corrected chi connectivity index (χ4v) is 2.59. The Bertz CT molecular complexity index is 1040. The minimum atomic E-state index is -0.986. The van der Waals surface area contributed by atoms with Crippen molar-refractivity contribution in [2.75, 3.05) is 5.32 Å². The molecular weight excluding hydrogens is 410 g/mol. The minimum absolute atomic E-state index is 0.155. The number of nitrogens with one attached hydrogen (secondary N) is 3.